The lowest BCUT2D eigenvalue weighted by Crippen LogP contribution is -2.56. The summed E-state index contributed by atoms with van der Waals surface area (Å²) in [5.41, 5.74) is 0.665. The number of thioether (sulfide) groups is 1. The molecule has 32 heavy (non-hydrogen) atoms. The van der Waals surface area contributed by atoms with Crippen LogP contribution in [-0.4, -0.2) is 77.1 Å². The number of hydrogen-bond acceptors (Lipinski definition) is 7. The monoisotopic (exact) mass is 466 g/mol. The second kappa shape index (κ2) is 12.9. The largest absolute Gasteiger partial charge is 0.508 e. The molecule has 1 fully saturated rings. The quantitative estimate of drug-likeness (QED) is 0.243. The Morgan fingerprint density at radius 2 is 1.84 bits per heavy atom. The summed E-state index contributed by atoms with van der Waals surface area (Å²) in [7, 11) is 0. The van der Waals surface area contributed by atoms with Crippen LogP contribution < -0.4 is 21.3 Å². The van der Waals surface area contributed by atoms with Crippen molar-refractivity contribution in [3.63, 3.8) is 0 Å². The minimum atomic E-state index is -1.21. The fourth-order valence-corrected chi connectivity index (χ4v) is 3.79. The zero-order valence-corrected chi connectivity index (χ0v) is 18.7. The number of hydrogen-bond donors (Lipinski definition) is 6. The molecule has 176 valence electrons. The highest BCUT2D eigenvalue weighted by Crippen LogP contribution is 2.12. The van der Waals surface area contributed by atoms with Crippen LogP contribution in [0.15, 0.2) is 24.3 Å². The fraction of sp³-hybridized carbons (Fsp3) is 0.524. The summed E-state index contributed by atoms with van der Waals surface area (Å²) in [6, 6.07) is 3.91. The van der Waals surface area contributed by atoms with Crippen molar-refractivity contribution in [1.29, 1.82) is 0 Å². The maximum Gasteiger partial charge on any atom is 0.322 e. The van der Waals surface area contributed by atoms with E-state index in [0.717, 1.165) is 13.0 Å². The van der Waals surface area contributed by atoms with Crippen molar-refractivity contribution in [2.45, 2.75) is 43.8 Å². The first-order valence-corrected chi connectivity index (χ1v) is 11.8. The Morgan fingerprint density at radius 3 is 2.44 bits per heavy atom. The molecule has 3 unspecified atom stereocenters. The van der Waals surface area contributed by atoms with Gasteiger partial charge in [0, 0.05) is 6.42 Å². The first-order valence-electron chi connectivity index (χ1n) is 10.4. The molecule has 1 heterocycles. The molecule has 1 aromatic carbocycles. The molecule has 0 radical (unpaired) electrons. The van der Waals surface area contributed by atoms with Crippen LogP contribution in [0.1, 0.15) is 24.8 Å². The molecule has 0 aromatic heterocycles. The summed E-state index contributed by atoms with van der Waals surface area (Å²) in [4.78, 5) is 48.9. The number of carbonyl (C=O) groups is 4. The first-order chi connectivity index (χ1) is 15.3. The molecule has 1 aromatic rings. The number of carboxylic acid groups (broad SMARTS) is 1. The number of aliphatic carboxylic acids is 1. The van der Waals surface area contributed by atoms with Crippen LogP contribution in [0.4, 0.5) is 0 Å². The second-order valence-corrected chi connectivity index (χ2v) is 8.52. The summed E-state index contributed by atoms with van der Waals surface area (Å²) in [5.74, 6) is -1.94. The molecule has 10 nitrogen and oxygen atoms in total. The average molecular weight is 467 g/mol. The van der Waals surface area contributed by atoms with Crippen LogP contribution in [-0.2, 0) is 25.6 Å². The minimum Gasteiger partial charge on any atom is -0.508 e. The van der Waals surface area contributed by atoms with Crippen LogP contribution in [0.5, 0.6) is 5.75 Å². The van der Waals surface area contributed by atoms with Gasteiger partial charge in [-0.25, -0.2) is 0 Å². The molecule has 3 amide bonds. The molecule has 11 heteroatoms. The Bertz CT molecular complexity index is 798. The summed E-state index contributed by atoms with van der Waals surface area (Å²) in [6.45, 7) is 0.166. The molecule has 0 aliphatic carbocycles. The zero-order valence-electron chi connectivity index (χ0n) is 17.9. The molecule has 3 atom stereocenters. The van der Waals surface area contributed by atoms with Crippen molar-refractivity contribution in [2.75, 3.05) is 25.1 Å². The molecule has 6 N–H and O–H groups in total. The van der Waals surface area contributed by atoms with Crippen molar-refractivity contribution < 1.29 is 29.4 Å². The molecule has 2 rings (SSSR count). The lowest BCUT2D eigenvalue weighted by Gasteiger charge is -2.24. The van der Waals surface area contributed by atoms with Gasteiger partial charge in [0.1, 0.15) is 24.4 Å². The SMILES string of the molecule is CSCCC(NC(=O)C1CCCN1)C(=O)NC(Cc1ccc(O)cc1)C(=O)NCC(=O)O. The third-order valence-corrected chi connectivity index (χ3v) is 5.69. The summed E-state index contributed by atoms with van der Waals surface area (Å²) in [6.07, 6.45) is 3.95. The average Bonchev–Trinajstić information content (AvgIpc) is 3.30. The lowest BCUT2D eigenvalue weighted by molar-refractivity contribution is -0.138. The van der Waals surface area contributed by atoms with Gasteiger partial charge in [0.2, 0.25) is 17.7 Å². The molecule has 0 saturated carbocycles. The molecular weight excluding hydrogens is 436 g/mol. The highest BCUT2D eigenvalue weighted by atomic mass is 32.2. The van der Waals surface area contributed by atoms with Crippen LogP contribution in [0.25, 0.3) is 0 Å². The van der Waals surface area contributed by atoms with E-state index in [-0.39, 0.29) is 24.1 Å². The predicted octanol–water partition coefficient (Wildman–Crippen LogP) is -0.390. The Labute approximate surface area is 190 Å². The Kier molecular flexibility index (Phi) is 10.3. The Balaban J connectivity index is 2.11. The van der Waals surface area contributed by atoms with E-state index in [9.17, 15) is 24.3 Å². The highest BCUT2D eigenvalue weighted by molar-refractivity contribution is 7.98. The number of amides is 3. The van der Waals surface area contributed by atoms with E-state index < -0.39 is 36.4 Å². The van der Waals surface area contributed by atoms with Gasteiger partial charge in [-0.3, -0.25) is 19.2 Å². The molecule has 1 saturated heterocycles. The highest BCUT2D eigenvalue weighted by Gasteiger charge is 2.30. The molecular formula is C21H30N4O6S. The van der Waals surface area contributed by atoms with E-state index in [0.29, 0.717) is 24.2 Å². The molecule has 1 aliphatic rings. The van der Waals surface area contributed by atoms with E-state index in [4.69, 9.17) is 5.11 Å². The third-order valence-electron chi connectivity index (χ3n) is 5.04. The Hall–Kier alpha value is -2.79. The fourth-order valence-electron chi connectivity index (χ4n) is 3.32. The number of carboxylic acids is 1. The molecule has 0 bridgehead atoms. The maximum absolute atomic E-state index is 13.0. The number of rotatable bonds is 12. The van der Waals surface area contributed by atoms with E-state index in [1.807, 2.05) is 6.26 Å². The van der Waals surface area contributed by atoms with E-state index in [1.54, 1.807) is 12.1 Å². The minimum absolute atomic E-state index is 0.0602. The topological polar surface area (TPSA) is 157 Å². The summed E-state index contributed by atoms with van der Waals surface area (Å²) < 4.78 is 0. The van der Waals surface area contributed by atoms with Gasteiger partial charge in [-0.1, -0.05) is 12.1 Å². The van der Waals surface area contributed by atoms with Gasteiger partial charge < -0.3 is 31.5 Å². The summed E-state index contributed by atoms with van der Waals surface area (Å²) in [5, 5.41) is 29.1. The van der Waals surface area contributed by atoms with Crippen molar-refractivity contribution in [3.8, 4) is 5.75 Å². The number of aromatic hydroxyl groups is 1. The van der Waals surface area contributed by atoms with Crippen molar-refractivity contribution in [2.24, 2.45) is 0 Å². The normalized spacial score (nSPS) is 17.2. The van der Waals surface area contributed by atoms with Crippen LogP contribution in [0, 0.1) is 0 Å². The number of phenols is 1. The van der Waals surface area contributed by atoms with Gasteiger partial charge in [-0.2, -0.15) is 11.8 Å². The Morgan fingerprint density at radius 1 is 1.12 bits per heavy atom. The van der Waals surface area contributed by atoms with Gasteiger partial charge in [0.05, 0.1) is 6.04 Å². The smallest absolute Gasteiger partial charge is 0.322 e. The summed E-state index contributed by atoms with van der Waals surface area (Å²) >= 11 is 1.53. The van der Waals surface area contributed by atoms with Gasteiger partial charge in [0.25, 0.3) is 0 Å². The third kappa shape index (κ3) is 8.39. The maximum atomic E-state index is 13.0. The van der Waals surface area contributed by atoms with Crippen LogP contribution in [0.3, 0.4) is 0 Å². The molecule has 1 aliphatic heterocycles. The number of phenolic OH excluding ortho intramolecular Hbond substituents is 1. The van der Waals surface area contributed by atoms with Crippen molar-refractivity contribution in [1.82, 2.24) is 21.3 Å². The van der Waals surface area contributed by atoms with Crippen LogP contribution in [0.2, 0.25) is 0 Å². The van der Waals surface area contributed by atoms with Gasteiger partial charge in [0.15, 0.2) is 0 Å². The first kappa shape index (κ1) is 25.5. The van der Waals surface area contributed by atoms with Crippen LogP contribution >= 0.6 is 11.8 Å². The lowest BCUT2D eigenvalue weighted by atomic mass is 10.0. The predicted molar refractivity (Wildman–Crippen MR) is 120 cm³/mol. The zero-order chi connectivity index (χ0) is 23.5. The number of benzene rings is 1. The van der Waals surface area contributed by atoms with E-state index >= 15 is 0 Å². The number of nitrogens with one attached hydrogen (secondary N) is 4. The second-order valence-electron chi connectivity index (χ2n) is 7.53. The molecule has 0 spiro atoms. The van der Waals surface area contributed by atoms with Crippen molar-refractivity contribution >= 4 is 35.5 Å². The van der Waals surface area contributed by atoms with Gasteiger partial charge in [-0.05, 0) is 55.5 Å². The van der Waals surface area contributed by atoms with Gasteiger partial charge in [-0.15, -0.1) is 0 Å². The standard InChI is InChI=1S/C21H30N4O6S/c1-32-10-8-16(24-20(30)15-3-2-9-22-15)21(31)25-17(19(29)23-12-18(27)28)11-13-4-6-14(26)7-5-13/h4-7,15-17,22,26H,2-3,8-12H2,1H3,(H,23,29)(H,24,30)(H,25,31)(H,27,28). The van der Waals surface area contributed by atoms with E-state index in [2.05, 4.69) is 21.3 Å². The van der Waals surface area contributed by atoms with Crippen molar-refractivity contribution in [3.05, 3.63) is 29.8 Å². The van der Waals surface area contributed by atoms with Gasteiger partial charge >= 0.3 is 5.97 Å². The number of carbonyl (C=O) groups excluding carboxylic acids is 3. The van der Waals surface area contributed by atoms with E-state index in [1.165, 1.54) is 23.9 Å².